The molecule has 1 aromatic carbocycles. The number of nitrogens with zero attached hydrogens (tertiary/aromatic N) is 2. The van der Waals surface area contributed by atoms with Gasteiger partial charge in [-0.3, -0.25) is 14.7 Å². The Morgan fingerprint density at radius 2 is 2.00 bits per heavy atom. The van der Waals surface area contributed by atoms with E-state index in [9.17, 15) is 4.79 Å². The number of pyridine rings is 1. The number of carbonyl (C=O) groups is 1. The number of hydrogen-bond acceptors (Lipinski definition) is 3. The van der Waals surface area contributed by atoms with Crippen LogP contribution in [0.1, 0.15) is 40.9 Å². The predicted molar refractivity (Wildman–Crippen MR) is 92.5 cm³/mol. The number of aryl methyl sites for hydroxylation is 1. The van der Waals surface area contributed by atoms with E-state index in [0.29, 0.717) is 5.56 Å². The summed E-state index contributed by atoms with van der Waals surface area (Å²) in [5.41, 5.74) is 3.57. The number of amides is 1. The summed E-state index contributed by atoms with van der Waals surface area (Å²) in [6, 6.07) is 11.6. The molecule has 1 aliphatic heterocycles. The first kappa shape index (κ1) is 15.7. The second kappa shape index (κ2) is 7.38. The van der Waals surface area contributed by atoms with Crippen molar-refractivity contribution < 1.29 is 4.79 Å². The van der Waals surface area contributed by atoms with Crippen molar-refractivity contribution in [2.24, 2.45) is 0 Å². The second-order valence-corrected chi connectivity index (χ2v) is 6.18. The fourth-order valence-electron chi connectivity index (χ4n) is 3.01. The molecule has 1 aliphatic rings. The van der Waals surface area contributed by atoms with E-state index in [4.69, 9.17) is 0 Å². The third-order valence-corrected chi connectivity index (χ3v) is 4.20. The van der Waals surface area contributed by atoms with E-state index in [-0.39, 0.29) is 5.91 Å². The lowest BCUT2D eigenvalue weighted by atomic mass is 10.1. The summed E-state index contributed by atoms with van der Waals surface area (Å²) in [7, 11) is 0. The summed E-state index contributed by atoms with van der Waals surface area (Å²) >= 11 is 0. The molecule has 0 aliphatic carbocycles. The average molecular weight is 309 g/mol. The van der Waals surface area contributed by atoms with Gasteiger partial charge in [0.05, 0.1) is 0 Å². The predicted octanol–water partition coefficient (Wildman–Crippen LogP) is 3.63. The highest BCUT2D eigenvalue weighted by Gasteiger charge is 2.12. The van der Waals surface area contributed by atoms with Crippen LogP contribution in [0.25, 0.3) is 0 Å². The number of hydrogen-bond donors (Lipinski definition) is 1. The van der Waals surface area contributed by atoms with E-state index in [1.165, 1.54) is 24.8 Å². The number of likely N-dealkylation sites (tertiary alicyclic amines) is 1. The third kappa shape index (κ3) is 4.39. The summed E-state index contributed by atoms with van der Waals surface area (Å²) in [5, 5.41) is 2.94. The molecule has 0 spiro atoms. The van der Waals surface area contributed by atoms with Crippen molar-refractivity contribution in [1.82, 2.24) is 9.88 Å². The van der Waals surface area contributed by atoms with E-state index < -0.39 is 0 Å². The Balaban J connectivity index is 1.67. The lowest BCUT2D eigenvalue weighted by Crippen LogP contribution is -2.29. The summed E-state index contributed by atoms with van der Waals surface area (Å²) < 4.78 is 0. The lowest BCUT2D eigenvalue weighted by Gasteiger charge is -2.26. The van der Waals surface area contributed by atoms with Crippen molar-refractivity contribution in [3.63, 3.8) is 0 Å². The standard InChI is InChI=1S/C19H23N3O/c1-15-12-18(8-9-20-15)21-19(23)17-7-5-6-16(13-17)14-22-10-3-2-4-11-22/h5-9,12-13H,2-4,10-11,14H2,1H3,(H,20,21,23). The number of piperidine rings is 1. The van der Waals surface area contributed by atoms with Crippen molar-refractivity contribution in [3.05, 3.63) is 59.4 Å². The van der Waals surface area contributed by atoms with Crippen LogP contribution in [0.15, 0.2) is 42.6 Å². The summed E-state index contributed by atoms with van der Waals surface area (Å²) in [6.07, 6.45) is 5.60. The van der Waals surface area contributed by atoms with Gasteiger partial charge in [0.15, 0.2) is 0 Å². The van der Waals surface area contributed by atoms with E-state index in [0.717, 1.165) is 31.0 Å². The molecule has 0 atom stereocenters. The second-order valence-electron chi connectivity index (χ2n) is 6.18. The third-order valence-electron chi connectivity index (χ3n) is 4.20. The number of carbonyl (C=O) groups excluding carboxylic acids is 1. The van der Waals surface area contributed by atoms with Crippen LogP contribution >= 0.6 is 0 Å². The van der Waals surface area contributed by atoms with Crippen LogP contribution in [0.3, 0.4) is 0 Å². The van der Waals surface area contributed by atoms with Gasteiger partial charge >= 0.3 is 0 Å². The maximum Gasteiger partial charge on any atom is 0.255 e. The van der Waals surface area contributed by atoms with Crippen LogP contribution in [0, 0.1) is 6.92 Å². The highest BCUT2D eigenvalue weighted by molar-refractivity contribution is 6.04. The van der Waals surface area contributed by atoms with E-state index in [1.54, 1.807) is 6.20 Å². The molecule has 1 fully saturated rings. The van der Waals surface area contributed by atoms with Gasteiger partial charge in [-0.25, -0.2) is 0 Å². The average Bonchev–Trinajstić information content (AvgIpc) is 2.56. The SMILES string of the molecule is Cc1cc(NC(=O)c2cccc(CN3CCCCC3)c2)ccn1. The largest absolute Gasteiger partial charge is 0.322 e. The fraction of sp³-hybridized carbons (Fsp3) is 0.368. The van der Waals surface area contributed by atoms with Gasteiger partial charge in [-0.15, -0.1) is 0 Å². The molecule has 2 heterocycles. The maximum absolute atomic E-state index is 12.4. The fourth-order valence-corrected chi connectivity index (χ4v) is 3.01. The zero-order valence-electron chi connectivity index (χ0n) is 13.6. The van der Waals surface area contributed by atoms with Gasteiger partial charge in [0.1, 0.15) is 0 Å². The number of anilines is 1. The molecular formula is C19H23N3O. The summed E-state index contributed by atoms with van der Waals surface area (Å²) in [4.78, 5) is 19.0. The first-order chi connectivity index (χ1) is 11.2. The summed E-state index contributed by atoms with van der Waals surface area (Å²) in [5.74, 6) is -0.0731. The molecule has 0 unspecified atom stereocenters. The zero-order chi connectivity index (χ0) is 16.1. The van der Waals surface area contributed by atoms with Gasteiger partial charge in [-0.1, -0.05) is 18.6 Å². The van der Waals surface area contributed by atoms with Crippen molar-refractivity contribution in [2.75, 3.05) is 18.4 Å². The molecule has 1 N–H and O–H groups in total. The van der Waals surface area contributed by atoms with Crippen LogP contribution in [0.2, 0.25) is 0 Å². The van der Waals surface area contributed by atoms with Crippen LogP contribution in [0.5, 0.6) is 0 Å². The van der Waals surface area contributed by atoms with Crippen molar-refractivity contribution in [2.45, 2.75) is 32.7 Å². The van der Waals surface area contributed by atoms with Crippen LogP contribution in [-0.4, -0.2) is 28.9 Å². The minimum absolute atomic E-state index is 0.0731. The lowest BCUT2D eigenvalue weighted by molar-refractivity contribution is 0.102. The molecule has 0 radical (unpaired) electrons. The smallest absolute Gasteiger partial charge is 0.255 e. The molecule has 1 aromatic heterocycles. The maximum atomic E-state index is 12.4. The Morgan fingerprint density at radius 1 is 1.17 bits per heavy atom. The molecule has 3 rings (SSSR count). The first-order valence-corrected chi connectivity index (χ1v) is 8.26. The van der Waals surface area contributed by atoms with Gasteiger partial charge < -0.3 is 5.32 Å². The molecule has 2 aromatic rings. The molecule has 1 saturated heterocycles. The Labute approximate surface area is 137 Å². The van der Waals surface area contributed by atoms with Crippen LogP contribution in [-0.2, 0) is 6.54 Å². The molecule has 4 nitrogen and oxygen atoms in total. The van der Waals surface area contributed by atoms with E-state index in [2.05, 4.69) is 21.3 Å². The van der Waals surface area contributed by atoms with Crippen molar-refractivity contribution >= 4 is 11.6 Å². The van der Waals surface area contributed by atoms with E-state index in [1.807, 2.05) is 37.3 Å². The zero-order valence-corrected chi connectivity index (χ0v) is 13.6. The number of benzene rings is 1. The van der Waals surface area contributed by atoms with Crippen molar-refractivity contribution in [3.8, 4) is 0 Å². The van der Waals surface area contributed by atoms with Gasteiger partial charge in [-0.2, -0.15) is 0 Å². The number of nitrogens with one attached hydrogen (secondary N) is 1. The molecule has 0 bridgehead atoms. The Hall–Kier alpha value is -2.20. The normalized spacial score (nSPS) is 15.3. The molecule has 1 amide bonds. The molecular weight excluding hydrogens is 286 g/mol. The van der Waals surface area contributed by atoms with Gasteiger partial charge in [0.25, 0.3) is 5.91 Å². The number of aromatic nitrogens is 1. The van der Waals surface area contributed by atoms with Gasteiger partial charge in [0, 0.05) is 29.7 Å². The molecule has 120 valence electrons. The Morgan fingerprint density at radius 3 is 2.78 bits per heavy atom. The number of rotatable bonds is 4. The summed E-state index contributed by atoms with van der Waals surface area (Å²) in [6.45, 7) is 5.16. The Bertz CT molecular complexity index is 678. The highest BCUT2D eigenvalue weighted by atomic mass is 16.1. The highest BCUT2D eigenvalue weighted by Crippen LogP contribution is 2.15. The van der Waals surface area contributed by atoms with Gasteiger partial charge in [-0.05, 0) is 62.7 Å². The minimum atomic E-state index is -0.0731. The molecule has 4 heteroatoms. The minimum Gasteiger partial charge on any atom is -0.322 e. The Kier molecular flexibility index (Phi) is 5.03. The molecule has 0 saturated carbocycles. The topological polar surface area (TPSA) is 45.2 Å². The van der Waals surface area contributed by atoms with Gasteiger partial charge in [0.2, 0.25) is 0 Å². The van der Waals surface area contributed by atoms with Crippen LogP contribution < -0.4 is 5.32 Å². The van der Waals surface area contributed by atoms with E-state index >= 15 is 0 Å². The monoisotopic (exact) mass is 309 g/mol. The molecule has 23 heavy (non-hydrogen) atoms. The quantitative estimate of drug-likeness (QED) is 0.938. The van der Waals surface area contributed by atoms with Crippen molar-refractivity contribution in [1.29, 1.82) is 0 Å². The first-order valence-electron chi connectivity index (χ1n) is 8.26. The van der Waals surface area contributed by atoms with Crippen LogP contribution in [0.4, 0.5) is 5.69 Å².